The number of rotatable bonds is 3. The highest BCUT2D eigenvalue weighted by atomic mass is 35.5. The van der Waals surface area contributed by atoms with E-state index in [0.717, 1.165) is 20.7 Å². The third kappa shape index (κ3) is 3.62. The predicted molar refractivity (Wildman–Crippen MR) is 110 cm³/mol. The molecule has 0 aliphatic carbocycles. The predicted octanol–water partition coefficient (Wildman–Crippen LogP) is 5.22. The number of aryl methyl sites for hydroxylation is 1. The lowest BCUT2D eigenvalue weighted by Crippen LogP contribution is -2.20. The van der Waals surface area contributed by atoms with E-state index >= 15 is 0 Å². The molecule has 0 fully saturated rings. The van der Waals surface area contributed by atoms with Crippen LogP contribution < -0.4 is 10.6 Å². The van der Waals surface area contributed by atoms with Gasteiger partial charge in [0, 0.05) is 4.88 Å². The van der Waals surface area contributed by atoms with Gasteiger partial charge in [-0.05, 0) is 43.8 Å². The first kappa shape index (κ1) is 18.1. The van der Waals surface area contributed by atoms with Crippen molar-refractivity contribution in [2.75, 3.05) is 17.7 Å². The van der Waals surface area contributed by atoms with E-state index in [1.165, 1.54) is 29.8 Å². The van der Waals surface area contributed by atoms with Crippen molar-refractivity contribution in [3.63, 3.8) is 0 Å². The van der Waals surface area contributed by atoms with E-state index in [2.05, 4.69) is 15.6 Å². The summed E-state index contributed by atoms with van der Waals surface area (Å²) in [5.74, 6) is -0.390. The molecule has 0 aliphatic heterocycles. The molecule has 0 saturated carbocycles. The van der Waals surface area contributed by atoms with E-state index in [9.17, 15) is 4.79 Å². The molecule has 130 valence electrons. The van der Waals surface area contributed by atoms with Crippen LogP contribution in [0.2, 0.25) is 5.02 Å². The van der Waals surface area contributed by atoms with Crippen molar-refractivity contribution in [1.29, 1.82) is 0 Å². The number of hydrogen-bond acceptors (Lipinski definition) is 6. The second kappa shape index (κ2) is 7.25. The summed E-state index contributed by atoms with van der Waals surface area (Å²) in [6.45, 7) is 3.83. The van der Waals surface area contributed by atoms with Crippen LogP contribution in [0.25, 0.3) is 10.2 Å². The number of carbonyl (C=O) groups excluding carboxylic acids is 1. The summed E-state index contributed by atoms with van der Waals surface area (Å²) in [5.41, 5.74) is 2.12. The van der Waals surface area contributed by atoms with Crippen molar-refractivity contribution >= 4 is 77.9 Å². The van der Waals surface area contributed by atoms with Crippen molar-refractivity contribution < 1.29 is 9.53 Å². The molecule has 0 bridgehead atoms. The lowest BCUT2D eigenvalue weighted by atomic mass is 10.1. The van der Waals surface area contributed by atoms with Gasteiger partial charge >= 0.3 is 5.97 Å². The van der Waals surface area contributed by atoms with E-state index in [1.54, 1.807) is 6.07 Å². The number of para-hydroxylation sites is 1. The van der Waals surface area contributed by atoms with Crippen LogP contribution >= 0.6 is 46.5 Å². The van der Waals surface area contributed by atoms with Gasteiger partial charge in [-0.3, -0.25) is 0 Å². The standard InChI is InChI=1S/C16H14ClN3O2S3/c1-7-8(2)24-13(11(7)14(21)22-3)19-15(23)20-16-18-12-9(17)5-4-6-10(12)25-16/h4-6H,1-3H3,(H2,18,19,20,23). The van der Waals surface area contributed by atoms with Crippen LogP contribution in [-0.2, 0) is 4.74 Å². The van der Waals surface area contributed by atoms with Crippen LogP contribution in [0.4, 0.5) is 10.1 Å². The maximum Gasteiger partial charge on any atom is 0.341 e. The van der Waals surface area contributed by atoms with E-state index in [-0.39, 0.29) is 5.97 Å². The first-order chi connectivity index (χ1) is 11.9. The summed E-state index contributed by atoms with van der Waals surface area (Å²) in [4.78, 5) is 17.5. The largest absolute Gasteiger partial charge is 0.465 e. The van der Waals surface area contributed by atoms with Gasteiger partial charge in [-0.15, -0.1) is 11.3 Å². The average molecular weight is 412 g/mol. The van der Waals surface area contributed by atoms with Crippen LogP contribution in [-0.4, -0.2) is 23.2 Å². The number of methoxy groups -OCH3 is 1. The first-order valence-electron chi connectivity index (χ1n) is 7.22. The van der Waals surface area contributed by atoms with Crippen molar-refractivity contribution in [1.82, 2.24) is 4.98 Å². The SMILES string of the molecule is COC(=O)c1c(NC(=S)Nc2nc3c(Cl)cccc3s2)sc(C)c1C. The summed E-state index contributed by atoms with van der Waals surface area (Å²) >= 11 is 14.4. The molecule has 0 radical (unpaired) electrons. The summed E-state index contributed by atoms with van der Waals surface area (Å²) in [6.07, 6.45) is 0. The second-order valence-electron chi connectivity index (χ2n) is 5.16. The van der Waals surface area contributed by atoms with Crippen molar-refractivity contribution in [2.24, 2.45) is 0 Å². The summed E-state index contributed by atoms with van der Waals surface area (Å²) < 4.78 is 5.83. The van der Waals surface area contributed by atoms with Gasteiger partial charge in [0.2, 0.25) is 0 Å². The number of anilines is 2. The fraction of sp³-hybridized carbons (Fsp3) is 0.188. The molecule has 0 unspecified atom stereocenters. The lowest BCUT2D eigenvalue weighted by molar-refractivity contribution is 0.0601. The lowest BCUT2D eigenvalue weighted by Gasteiger charge is -2.08. The van der Waals surface area contributed by atoms with E-state index in [1.807, 2.05) is 26.0 Å². The van der Waals surface area contributed by atoms with Crippen LogP contribution in [0.3, 0.4) is 0 Å². The Morgan fingerprint density at radius 1 is 1.28 bits per heavy atom. The molecule has 25 heavy (non-hydrogen) atoms. The quantitative estimate of drug-likeness (QED) is 0.455. The molecular formula is C16H14ClN3O2S3. The number of carbonyl (C=O) groups is 1. The van der Waals surface area contributed by atoms with Gasteiger partial charge in [0.25, 0.3) is 0 Å². The number of nitrogens with zero attached hydrogens (tertiary/aromatic N) is 1. The van der Waals surface area contributed by atoms with E-state index in [0.29, 0.717) is 25.8 Å². The first-order valence-corrected chi connectivity index (χ1v) is 9.64. The van der Waals surface area contributed by atoms with Gasteiger partial charge in [0.05, 0.1) is 22.4 Å². The van der Waals surface area contributed by atoms with Gasteiger partial charge in [0.1, 0.15) is 10.5 Å². The van der Waals surface area contributed by atoms with E-state index < -0.39 is 0 Å². The highest BCUT2D eigenvalue weighted by Gasteiger charge is 2.21. The Hall–Kier alpha value is -1.74. The highest BCUT2D eigenvalue weighted by molar-refractivity contribution is 7.80. The third-order valence-electron chi connectivity index (χ3n) is 3.59. The van der Waals surface area contributed by atoms with Gasteiger partial charge in [-0.2, -0.15) is 0 Å². The molecule has 3 aromatic rings. The van der Waals surface area contributed by atoms with Crippen LogP contribution in [0.5, 0.6) is 0 Å². The number of thiazole rings is 1. The van der Waals surface area contributed by atoms with E-state index in [4.69, 9.17) is 28.6 Å². The zero-order valence-corrected chi connectivity index (χ0v) is 16.8. The maximum absolute atomic E-state index is 12.0. The number of thiophene rings is 1. The minimum atomic E-state index is -0.390. The number of benzene rings is 1. The molecule has 9 heteroatoms. The molecule has 0 amide bonds. The normalized spacial score (nSPS) is 10.7. The Morgan fingerprint density at radius 3 is 2.72 bits per heavy atom. The molecule has 5 nitrogen and oxygen atoms in total. The Morgan fingerprint density at radius 2 is 2.04 bits per heavy atom. The summed E-state index contributed by atoms with van der Waals surface area (Å²) in [6, 6.07) is 5.62. The van der Waals surface area contributed by atoms with Gasteiger partial charge in [-0.1, -0.05) is 29.0 Å². The number of aromatic nitrogens is 1. The monoisotopic (exact) mass is 411 g/mol. The Kier molecular flexibility index (Phi) is 5.24. The van der Waals surface area contributed by atoms with Gasteiger partial charge in [0.15, 0.2) is 10.2 Å². The van der Waals surface area contributed by atoms with Crippen molar-refractivity contribution in [2.45, 2.75) is 13.8 Å². The number of halogens is 1. The molecule has 0 saturated heterocycles. The van der Waals surface area contributed by atoms with Gasteiger partial charge in [-0.25, -0.2) is 9.78 Å². The molecule has 0 spiro atoms. The zero-order chi connectivity index (χ0) is 18.1. The van der Waals surface area contributed by atoms with Crippen molar-refractivity contribution in [3.05, 3.63) is 39.2 Å². The minimum absolute atomic E-state index is 0.349. The number of ether oxygens (including phenoxy) is 1. The molecule has 2 aromatic heterocycles. The summed E-state index contributed by atoms with van der Waals surface area (Å²) in [7, 11) is 1.36. The average Bonchev–Trinajstić information content (AvgIpc) is 3.09. The maximum atomic E-state index is 12.0. The number of thiocarbonyl (C=S) groups is 1. The third-order valence-corrected chi connectivity index (χ3v) is 6.16. The number of esters is 1. The number of fused-ring (bicyclic) bond motifs is 1. The fourth-order valence-electron chi connectivity index (χ4n) is 2.26. The topological polar surface area (TPSA) is 63.2 Å². The molecule has 1 aromatic carbocycles. The molecule has 0 aliphatic rings. The number of nitrogens with one attached hydrogen (secondary N) is 2. The van der Waals surface area contributed by atoms with Crippen LogP contribution in [0, 0.1) is 13.8 Å². The highest BCUT2D eigenvalue weighted by Crippen LogP contribution is 2.34. The molecular weight excluding hydrogens is 398 g/mol. The second-order valence-corrected chi connectivity index (χ2v) is 8.23. The zero-order valence-electron chi connectivity index (χ0n) is 13.6. The Balaban J connectivity index is 1.82. The smallest absolute Gasteiger partial charge is 0.341 e. The van der Waals surface area contributed by atoms with Gasteiger partial charge < -0.3 is 15.4 Å². The molecule has 2 heterocycles. The Labute approximate surface area is 163 Å². The molecule has 0 atom stereocenters. The van der Waals surface area contributed by atoms with Crippen LogP contribution in [0.1, 0.15) is 20.8 Å². The fourth-order valence-corrected chi connectivity index (χ4v) is 4.81. The molecule has 3 rings (SSSR count). The summed E-state index contributed by atoms with van der Waals surface area (Å²) in [5, 5.41) is 8.34. The van der Waals surface area contributed by atoms with Crippen molar-refractivity contribution in [3.8, 4) is 0 Å². The van der Waals surface area contributed by atoms with Crippen LogP contribution in [0.15, 0.2) is 18.2 Å². The Bertz CT molecular complexity index is 981. The number of hydrogen-bond donors (Lipinski definition) is 2. The molecule has 2 N–H and O–H groups in total. The minimum Gasteiger partial charge on any atom is -0.465 e.